The summed E-state index contributed by atoms with van der Waals surface area (Å²) in [4.78, 5) is 26.4. The molecule has 4 rings (SSSR count). The number of rotatable bonds is 6. The van der Waals surface area contributed by atoms with Gasteiger partial charge in [0, 0.05) is 6.54 Å². The van der Waals surface area contributed by atoms with Gasteiger partial charge in [-0.15, -0.1) is 0 Å². The third-order valence-electron chi connectivity index (χ3n) is 5.13. The third-order valence-corrected chi connectivity index (χ3v) is 6.26. The van der Waals surface area contributed by atoms with Crippen molar-refractivity contribution in [3.8, 4) is 5.75 Å². The zero-order valence-corrected chi connectivity index (χ0v) is 17.1. The summed E-state index contributed by atoms with van der Waals surface area (Å²) in [5.74, 6) is -0.831. The van der Waals surface area contributed by atoms with Crippen molar-refractivity contribution in [2.75, 3.05) is 12.3 Å². The first-order chi connectivity index (χ1) is 14.3. The largest absolute Gasteiger partial charge is 0.382 e. The molecule has 3 aromatic carbocycles. The van der Waals surface area contributed by atoms with Crippen LogP contribution in [0.3, 0.4) is 0 Å². The SMILES string of the molecule is C[C@]1(c2ccc3ccccc3c2)NC(=O)N(CCS(=O)(=O)Oc2ccccc2)C1=O. The molecule has 7 nitrogen and oxygen atoms in total. The first-order valence-corrected chi connectivity index (χ1v) is 11.0. The molecule has 1 fully saturated rings. The second-order valence-corrected chi connectivity index (χ2v) is 8.92. The van der Waals surface area contributed by atoms with Crippen molar-refractivity contribution in [3.63, 3.8) is 0 Å². The Morgan fingerprint density at radius 2 is 1.60 bits per heavy atom. The first kappa shape index (κ1) is 19.9. The van der Waals surface area contributed by atoms with Gasteiger partial charge >= 0.3 is 16.1 Å². The van der Waals surface area contributed by atoms with Gasteiger partial charge in [-0.3, -0.25) is 9.69 Å². The summed E-state index contributed by atoms with van der Waals surface area (Å²) in [6.07, 6.45) is 0. The Hall–Kier alpha value is -3.39. The number of hydrogen-bond donors (Lipinski definition) is 1. The minimum atomic E-state index is -3.97. The van der Waals surface area contributed by atoms with Crippen molar-refractivity contribution in [1.82, 2.24) is 10.2 Å². The minimum absolute atomic E-state index is 0.177. The quantitative estimate of drug-likeness (QED) is 0.485. The number of carbonyl (C=O) groups is 2. The number of hydrogen-bond acceptors (Lipinski definition) is 5. The second-order valence-electron chi connectivity index (χ2n) is 7.23. The lowest BCUT2D eigenvalue weighted by Gasteiger charge is -2.22. The third kappa shape index (κ3) is 3.73. The van der Waals surface area contributed by atoms with Crippen molar-refractivity contribution in [2.45, 2.75) is 12.5 Å². The van der Waals surface area contributed by atoms with E-state index in [1.54, 1.807) is 31.2 Å². The van der Waals surface area contributed by atoms with Crippen LogP contribution in [0.25, 0.3) is 10.8 Å². The maximum atomic E-state index is 13.1. The highest BCUT2D eigenvalue weighted by molar-refractivity contribution is 7.87. The van der Waals surface area contributed by atoms with Crippen LogP contribution in [0.15, 0.2) is 72.8 Å². The number of amides is 3. The number of nitrogens with zero attached hydrogens (tertiary/aromatic N) is 1. The fourth-order valence-corrected chi connectivity index (χ4v) is 4.36. The van der Waals surface area contributed by atoms with Gasteiger partial charge in [-0.2, -0.15) is 8.42 Å². The Kier molecular flexibility index (Phi) is 4.95. The van der Waals surface area contributed by atoms with Crippen LogP contribution < -0.4 is 9.50 Å². The van der Waals surface area contributed by atoms with Gasteiger partial charge in [0.2, 0.25) is 0 Å². The lowest BCUT2D eigenvalue weighted by molar-refractivity contribution is -0.130. The van der Waals surface area contributed by atoms with Gasteiger partial charge in [0.1, 0.15) is 17.0 Å². The molecule has 8 heteroatoms. The molecular formula is C22H20N2O5S. The first-order valence-electron chi connectivity index (χ1n) is 9.39. The monoisotopic (exact) mass is 424 g/mol. The van der Waals surface area contributed by atoms with Gasteiger partial charge in [-0.05, 0) is 41.5 Å². The van der Waals surface area contributed by atoms with E-state index in [9.17, 15) is 18.0 Å². The second kappa shape index (κ2) is 7.46. The van der Waals surface area contributed by atoms with Gasteiger partial charge in [0.05, 0.1) is 0 Å². The topological polar surface area (TPSA) is 92.8 Å². The van der Waals surface area contributed by atoms with Crippen LogP contribution in [0.2, 0.25) is 0 Å². The van der Waals surface area contributed by atoms with E-state index in [0.29, 0.717) is 5.56 Å². The van der Waals surface area contributed by atoms with E-state index in [4.69, 9.17) is 4.18 Å². The fraction of sp³-hybridized carbons (Fsp3) is 0.182. The number of nitrogens with one attached hydrogen (secondary N) is 1. The van der Waals surface area contributed by atoms with E-state index >= 15 is 0 Å². The highest BCUT2D eigenvalue weighted by Gasteiger charge is 2.49. The van der Waals surface area contributed by atoms with Crippen LogP contribution in [0, 0.1) is 0 Å². The molecule has 1 saturated heterocycles. The number of fused-ring (bicyclic) bond motifs is 1. The molecule has 0 saturated carbocycles. The standard InChI is InChI=1S/C22H20N2O5S/c1-22(18-12-11-16-7-5-6-8-17(16)15-18)20(25)24(21(26)23-22)13-14-30(27,28)29-19-9-3-2-4-10-19/h2-12,15H,13-14H2,1H3,(H,23,26)/t22-/m1/s1. The molecule has 1 aliphatic heterocycles. The molecule has 154 valence electrons. The number of carbonyl (C=O) groups excluding carboxylic acids is 2. The van der Waals surface area contributed by atoms with Gasteiger partial charge in [0.15, 0.2) is 0 Å². The molecule has 1 N–H and O–H groups in total. The molecule has 0 aliphatic carbocycles. The fourth-order valence-electron chi connectivity index (χ4n) is 3.46. The van der Waals surface area contributed by atoms with Gasteiger partial charge < -0.3 is 9.50 Å². The summed E-state index contributed by atoms with van der Waals surface area (Å²) in [6, 6.07) is 20.7. The molecule has 3 aromatic rings. The maximum absolute atomic E-state index is 13.1. The van der Waals surface area contributed by atoms with E-state index in [1.165, 1.54) is 12.1 Å². The summed E-state index contributed by atoms with van der Waals surface area (Å²) >= 11 is 0. The predicted molar refractivity (Wildman–Crippen MR) is 112 cm³/mol. The van der Waals surface area contributed by atoms with Crippen LogP contribution in [0.4, 0.5) is 4.79 Å². The molecule has 1 heterocycles. The van der Waals surface area contributed by atoms with Gasteiger partial charge in [-0.1, -0.05) is 54.6 Å². The molecule has 3 amide bonds. The number of imide groups is 1. The van der Waals surface area contributed by atoms with Crippen LogP contribution in [-0.4, -0.2) is 37.6 Å². The normalized spacial score (nSPS) is 19.2. The molecule has 0 spiro atoms. The van der Waals surface area contributed by atoms with E-state index < -0.39 is 33.3 Å². The summed E-state index contributed by atoms with van der Waals surface area (Å²) in [5, 5.41) is 4.66. The van der Waals surface area contributed by atoms with Crippen LogP contribution in [0.5, 0.6) is 5.75 Å². The zero-order valence-electron chi connectivity index (χ0n) is 16.2. The number of urea groups is 1. The van der Waals surface area contributed by atoms with E-state index in [0.717, 1.165) is 15.7 Å². The van der Waals surface area contributed by atoms with Gasteiger partial charge in [-0.25, -0.2) is 4.79 Å². The minimum Gasteiger partial charge on any atom is -0.382 e. The summed E-state index contributed by atoms with van der Waals surface area (Å²) < 4.78 is 29.5. The Balaban J connectivity index is 1.51. The average Bonchev–Trinajstić information content (AvgIpc) is 2.95. The Bertz CT molecular complexity index is 1230. The predicted octanol–water partition coefficient (Wildman–Crippen LogP) is 3.02. The molecule has 0 radical (unpaired) electrons. The van der Waals surface area contributed by atoms with Crippen LogP contribution in [-0.2, 0) is 20.5 Å². The van der Waals surface area contributed by atoms with Crippen molar-refractivity contribution in [3.05, 3.63) is 78.4 Å². The summed E-state index contributed by atoms with van der Waals surface area (Å²) in [7, 11) is -3.97. The molecular weight excluding hydrogens is 404 g/mol. The summed E-state index contributed by atoms with van der Waals surface area (Å²) in [5.41, 5.74) is -0.643. The number of benzene rings is 3. The van der Waals surface area contributed by atoms with Gasteiger partial charge in [0.25, 0.3) is 5.91 Å². The van der Waals surface area contributed by atoms with Crippen molar-refractivity contribution in [2.24, 2.45) is 0 Å². The number of para-hydroxylation sites is 1. The molecule has 0 unspecified atom stereocenters. The highest BCUT2D eigenvalue weighted by atomic mass is 32.2. The molecule has 1 atom stereocenters. The lowest BCUT2D eigenvalue weighted by Crippen LogP contribution is -2.41. The van der Waals surface area contributed by atoms with Crippen LogP contribution >= 0.6 is 0 Å². The van der Waals surface area contributed by atoms with E-state index in [2.05, 4.69) is 5.32 Å². The van der Waals surface area contributed by atoms with Crippen molar-refractivity contribution in [1.29, 1.82) is 0 Å². The van der Waals surface area contributed by atoms with E-state index in [-0.39, 0.29) is 12.3 Å². The van der Waals surface area contributed by atoms with Crippen molar-refractivity contribution >= 4 is 32.8 Å². The highest BCUT2D eigenvalue weighted by Crippen LogP contribution is 2.31. The molecule has 0 aromatic heterocycles. The summed E-state index contributed by atoms with van der Waals surface area (Å²) in [6.45, 7) is 1.31. The Labute approximate surface area is 174 Å². The van der Waals surface area contributed by atoms with Crippen molar-refractivity contribution < 1.29 is 22.2 Å². The average molecular weight is 424 g/mol. The molecule has 30 heavy (non-hydrogen) atoms. The molecule has 1 aliphatic rings. The zero-order chi connectivity index (χ0) is 21.4. The molecule has 0 bridgehead atoms. The Morgan fingerprint density at radius 3 is 2.33 bits per heavy atom. The maximum Gasteiger partial charge on any atom is 0.325 e. The smallest absolute Gasteiger partial charge is 0.325 e. The Morgan fingerprint density at radius 1 is 0.933 bits per heavy atom. The van der Waals surface area contributed by atoms with E-state index in [1.807, 2.05) is 36.4 Å². The van der Waals surface area contributed by atoms with Crippen LogP contribution in [0.1, 0.15) is 12.5 Å². The lowest BCUT2D eigenvalue weighted by atomic mass is 9.90.